The average molecular weight is 264 g/mol. The van der Waals surface area contributed by atoms with Gasteiger partial charge in [-0.25, -0.2) is 0 Å². The molecular formula is C10H16Te. The molecule has 1 aromatic rings. The van der Waals surface area contributed by atoms with Gasteiger partial charge in [0.2, 0.25) is 0 Å². The van der Waals surface area contributed by atoms with Gasteiger partial charge in [-0.3, -0.25) is 0 Å². The van der Waals surface area contributed by atoms with Gasteiger partial charge in [-0.2, -0.15) is 0 Å². The molecule has 0 radical (unpaired) electrons. The summed E-state index contributed by atoms with van der Waals surface area (Å²) in [6.45, 7) is 2.27. The first-order valence-corrected chi connectivity index (χ1v) is 6.97. The van der Waals surface area contributed by atoms with Gasteiger partial charge < -0.3 is 0 Å². The molecule has 0 N–H and O–H groups in total. The van der Waals surface area contributed by atoms with Crippen molar-refractivity contribution in [3.8, 4) is 0 Å². The molecule has 62 valence electrons. The Bertz CT molecular complexity index is 165. The molecule has 0 spiro atoms. The summed E-state index contributed by atoms with van der Waals surface area (Å²) < 4.78 is 4.13. The fourth-order valence-corrected chi connectivity index (χ4v) is 3.32. The Morgan fingerprint density at radius 1 is 1.27 bits per heavy atom. The van der Waals surface area contributed by atoms with Crippen molar-refractivity contribution in [3.05, 3.63) is 19.8 Å². The summed E-state index contributed by atoms with van der Waals surface area (Å²) in [7, 11) is 0. The average Bonchev–Trinajstić information content (AvgIpc) is 2.50. The van der Waals surface area contributed by atoms with E-state index in [4.69, 9.17) is 0 Å². The first kappa shape index (κ1) is 9.36. The number of aryl methyl sites for hydroxylation is 1. The summed E-state index contributed by atoms with van der Waals surface area (Å²) in [6, 6.07) is 4.56. The van der Waals surface area contributed by atoms with Crippen LogP contribution in [-0.2, 0) is 6.42 Å². The van der Waals surface area contributed by atoms with Crippen LogP contribution in [-0.4, -0.2) is 20.4 Å². The Hall–Kier alpha value is 0.270. The predicted molar refractivity (Wildman–Crippen MR) is 51.2 cm³/mol. The minimum absolute atomic E-state index is 0.175. The van der Waals surface area contributed by atoms with Crippen molar-refractivity contribution < 1.29 is 0 Å². The fourth-order valence-electron chi connectivity index (χ4n) is 1.18. The van der Waals surface area contributed by atoms with E-state index in [0.29, 0.717) is 0 Å². The molecule has 1 aromatic heterocycles. The Labute approximate surface area is 79.2 Å². The summed E-state index contributed by atoms with van der Waals surface area (Å²) >= 11 is 0.175. The SMILES string of the molecule is CCCCCCc1ccc[te]1. The van der Waals surface area contributed by atoms with Crippen molar-refractivity contribution in [1.82, 2.24) is 0 Å². The van der Waals surface area contributed by atoms with Crippen LogP contribution >= 0.6 is 0 Å². The van der Waals surface area contributed by atoms with Crippen molar-refractivity contribution in [2.75, 3.05) is 0 Å². The van der Waals surface area contributed by atoms with Crippen molar-refractivity contribution >= 4 is 20.4 Å². The van der Waals surface area contributed by atoms with Crippen LogP contribution in [0.3, 0.4) is 0 Å². The topological polar surface area (TPSA) is 0 Å². The molecule has 0 atom stereocenters. The zero-order valence-electron chi connectivity index (χ0n) is 7.18. The molecule has 1 heteroatoms. The summed E-state index contributed by atoms with van der Waals surface area (Å²) in [5.41, 5.74) is 0. The van der Waals surface area contributed by atoms with E-state index in [1.54, 1.807) is 3.58 Å². The van der Waals surface area contributed by atoms with Gasteiger partial charge in [0.1, 0.15) is 0 Å². The van der Waals surface area contributed by atoms with Gasteiger partial charge in [0, 0.05) is 0 Å². The minimum atomic E-state index is 0.175. The van der Waals surface area contributed by atoms with Crippen molar-refractivity contribution in [2.45, 2.75) is 39.0 Å². The first-order valence-electron chi connectivity index (χ1n) is 4.46. The fraction of sp³-hybridized carbons (Fsp3) is 0.600. The van der Waals surface area contributed by atoms with Gasteiger partial charge in [0.25, 0.3) is 0 Å². The van der Waals surface area contributed by atoms with Crippen LogP contribution in [0.5, 0.6) is 0 Å². The third-order valence-corrected chi connectivity index (χ3v) is 4.53. The van der Waals surface area contributed by atoms with Crippen molar-refractivity contribution in [2.24, 2.45) is 0 Å². The van der Waals surface area contributed by atoms with Gasteiger partial charge in [0.05, 0.1) is 0 Å². The van der Waals surface area contributed by atoms with Gasteiger partial charge in [-0.1, -0.05) is 0 Å². The first-order chi connectivity index (χ1) is 5.43. The summed E-state index contributed by atoms with van der Waals surface area (Å²) in [4.78, 5) is 0. The Morgan fingerprint density at radius 3 is 2.82 bits per heavy atom. The van der Waals surface area contributed by atoms with E-state index in [1.807, 2.05) is 0 Å². The molecule has 0 bridgehead atoms. The number of rotatable bonds is 5. The van der Waals surface area contributed by atoms with E-state index in [2.05, 4.69) is 23.1 Å². The molecule has 0 fully saturated rings. The molecule has 0 saturated carbocycles. The molecular weight excluding hydrogens is 248 g/mol. The molecule has 0 aliphatic carbocycles. The zero-order chi connectivity index (χ0) is 7.94. The molecule has 0 unspecified atom stereocenters. The second kappa shape index (κ2) is 5.86. The molecule has 0 aliphatic heterocycles. The van der Waals surface area contributed by atoms with Crippen LogP contribution in [0, 0.1) is 0 Å². The van der Waals surface area contributed by atoms with Crippen LogP contribution in [0.4, 0.5) is 0 Å². The van der Waals surface area contributed by atoms with E-state index in [1.165, 1.54) is 32.1 Å². The van der Waals surface area contributed by atoms with E-state index in [-0.39, 0.29) is 20.4 Å². The second-order valence-corrected chi connectivity index (χ2v) is 5.84. The molecule has 1 heterocycles. The molecule has 0 aliphatic rings. The third kappa shape index (κ3) is 3.99. The van der Waals surface area contributed by atoms with Crippen LogP contribution < -0.4 is 0 Å². The Balaban J connectivity index is 2.04. The Morgan fingerprint density at radius 2 is 2.18 bits per heavy atom. The molecule has 0 aromatic carbocycles. The third-order valence-electron chi connectivity index (χ3n) is 1.86. The van der Waals surface area contributed by atoms with Crippen LogP contribution in [0.25, 0.3) is 0 Å². The van der Waals surface area contributed by atoms with Gasteiger partial charge in [0.15, 0.2) is 0 Å². The summed E-state index contributed by atoms with van der Waals surface area (Å²) in [5.74, 6) is 0. The van der Waals surface area contributed by atoms with E-state index in [0.717, 1.165) is 0 Å². The molecule has 1 rings (SSSR count). The van der Waals surface area contributed by atoms with Gasteiger partial charge >= 0.3 is 79.3 Å². The maximum absolute atomic E-state index is 2.38. The van der Waals surface area contributed by atoms with Crippen molar-refractivity contribution in [3.63, 3.8) is 0 Å². The van der Waals surface area contributed by atoms with Crippen molar-refractivity contribution in [1.29, 1.82) is 0 Å². The summed E-state index contributed by atoms with van der Waals surface area (Å²) in [6.07, 6.45) is 7.01. The number of hydrogen-bond donors (Lipinski definition) is 0. The molecule has 11 heavy (non-hydrogen) atoms. The maximum atomic E-state index is 2.38. The van der Waals surface area contributed by atoms with Gasteiger partial charge in [-0.05, 0) is 0 Å². The monoisotopic (exact) mass is 266 g/mol. The molecule has 0 saturated heterocycles. The molecule has 0 nitrogen and oxygen atoms in total. The van der Waals surface area contributed by atoms with E-state index in [9.17, 15) is 0 Å². The quantitative estimate of drug-likeness (QED) is 0.566. The van der Waals surface area contributed by atoms with Crippen LogP contribution in [0.1, 0.15) is 36.2 Å². The summed E-state index contributed by atoms with van der Waals surface area (Å²) in [5, 5.41) is 0. The predicted octanol–water partition coefficient (Wildman–Crippen LogP) is 2.87. The van der Waals surface area contributed by atoms with Crippen LogP contribution in [0.15, 0.2) is 16.2 Å². The van der Waals surface area contributed by atoms with Gasteiger partial charge in [-0.15, -0.1) is 0 Å². The number of unbranched alkanes of at least 4 members (excludes halogenated alkanes) is 3. The normalized spacial score (nSPS) is 10.3. The Kier molecular flexibility index (Phi) is 4.99. The zero-order valence-corrected chi connectivity index (χ0v) is 9.51. The second-order valence-electron chi connectivity index (χ2n) is 2.89. The standard InChI is InChI=1S/C10H16Te/c1-2-3-4-5-7-10-8-6-9-11-10/h6,8-9H,2-5,7H2,1H3. The molecule has 0 amide bonds. The van der Waals surface area contributed by atoms with E-state index < -0.39 is 0 Å². The van der Waals surface area contributed by atoms with Crippen LogP contribution in [0.2, 0.25) is 0 Å². The van der Waals surface area contributed by atoms with E-state index >= 15 is 0 Å². The number of hydrogen-bond acceptors (Lipinski definition) is 0.